The van der Waals surface area contributed by atoms with E-state index in [0.717, 1.165) is 49.1 Å². The summed E-state index contributed by atoms with van der Waals surface area (Å²) in [7, 11) is 3.36. The normalized spacial score (nSPS) is 16.9. The molecule has 2 N–H and O–H groups in total. The molecule has 1 saturated heterocycles. The van der Waals surface area contributed by atoms with Crippen LogP contribution in [0.1, 0.15) is 30.4 Å². The number of rotatable bonds is 6. The highest BCUT2D eigenvalue weighted by molar-refractivity contribution is 5.80. The third-order valence-electron chi connectivity index (χ3n) is 5.02. The van der Waals surface area contributed by atoms with Crippen LogP contribution in [0.15, 0.2) is 47.5 Å². The zero-order valence-electron chi connectivity index (χ0n) is 16.8. The molecule has 1 unspecified atom stereocenters. The topological polar surface area (TPSA) is 66.3 Å². The Bertz CT molecular complexity index is 783. The van der Waals surface area contributed by atoms with Crippen molar-refractivity contribution in [1.82, 2.24) is 10.2 Å². The molecule has 0 amide bonds. The number of aliphatic imine (C=N–C) groups is 1. The molecule has 0 saturated carbocycles. The number of hydrogen-bond donors (Lipinski definition) is 2. The summed E-state index contributed by atoms with van der Waals surface area (Å²) >= 11 is 0. The molecule has 0 aliphatic carbocycles. The number of hydrogen-bond acceptors (Lipinski definition) is 4. The first kappa shape index (κ1) is 19.9. The van der Waals surface area contributed by atoms with E-state index in [1.54, 1.807) is 26.4 Å². The van der Waals surface area contributed by atoms with Crippen molar-refractivity contribution in [1.29, 1.82) is 0 Å². The fourth-order valence-electron chi connectivity index (χ4n) is 3.48. The van der Waals surface area contributed by atoms with Crippen LogP contribution < -0.4 is 14.8 Å². The lowest BCUT2D eigenvalue weighted by molar-refractivity contribution is 0.392. The lowest BCUT2D eigenvalue weighted by Crippen LogP contribution is -2.40. The monoisotopic (exact) mass is 383 g/mol. The number of nitrogens with one attached hydrogen (secondary N) is 1. The highest BCUT2D eigenvalue weighted by Gasteiger charge is 2.27. The Hall–Kier alpha value is -2.89. The summed E-state index contributed by atoms with van der Waals surface area (Å²) in [5.74, 6) is 3.24. The maximum atomic E-state index is 9.43. The predicted molar refractivity (Wildman–Crippen MR) is 111 cm³/mol. The van der Waals surface area contributed by atoms with Crippen LogP contribution in [0.3, 0.4) is 0 Å². The third-order valence-corrected chi connectivity index (χ3v) is 5.02. The van der Waals surface area contributed by atoms with Gasteiger partial charge in [-0.05, 0) is 48.7 Å². The fraction of sp³-hybridized carbons (Fsp3) is 0.409. The van der Waals surface area contributed by atoms with Crippen molar-refractivity contribution in [2.45, 2.75) is 25.8 Å². The first-order valence-electron chi connectivity index (χ1n) is 9.67. The highest BCUT2D eigenvalue weighted by atomic mass is 16.5. The number of methoxy groups -OCH3 is 2. The summed E-state index contributed by atoms with van der Waals surface area (Å²) in [6.07, 6.45) is 1.06. The Balaban J connectivity index is 1.72. The van der Waals surface area contributed by atoms with Crippen molar-refractivity contribution in [3.8, 4) is 17.2 Å². The number of phenolic OH excluding ortho intramolecular Hbond substituents is 1. The van der Waals surface area contributed by atoms with Gasteiger partial charge >= 0.3 is 0 Å². The largest absolute Gasteiger partial charge is 0.508 e. The number of likely N-dealkylation sites (tertiary alicyclic amines) is 1. The minimum absolute atomic E-state index is 0.274. The number of phenols is 1. The van der Waals surface area contributed by atoms with Gasteiger partial charge < -0.3 is 24.8 Å². The summed E-state index contributed by atoms with van der Waals surface area (Å²) < 4.78 is 10.8. The Morgan fingerprint density at radius 1 is 1.14 bits per heavy atom. The summed E-state index contributed by atoms with van der Waals surface area (Å²) in [6.45, 7) is 5.33. The first-order chi connectivity index (χ1) is 13.6. The minimum atomic E-state index is 0.274. The van der Waals surface area contributed by atoms with Crippen molar-refractivity contribution in [2.75, 3.05) is 33.9 Å². The van der Waals surface area contributed by atoms with Crippen LogP contribution in [0.5, 0.6) is 17.2 Å². The Morgan fingerprint density at radius 2 is 1.82 bits per heavy atom. The molecule has 6 heteroatoms. The second-order valence-corrected chi connectivity index (χ2v) is 6.91. The minimum Gasteiger partial charge on any atom is -0.508 e. The molecule has 0 aromatic heterocycles. The van der Waals surface area contributed by atoms with Crippen molar-refractivity contribution >= 4 is 5.96 Å². The number of nitrogens with zero attached hydrogens (tertiary/aromatic N) is 2. The molecule has 1 atom stereocenters. The Kier molecular flexibility index (Phi) is 6.63. The number of ether oxygens (including phenoxy) is 2. The van der Waals surface area contributed by atoms with Gasteiger partial charge in [-0.1, -0.05) is 12.1 Å². The van der Waals surface area contributed by atoms with Gasteiger partial charge in [-0.3, -0.25) is 0 Å². The van der Waals surface area contributed by atoms with E-state index in [1.165, 1.54) is 5.56 Å². The van der Waals surface area contributed by atoms with Crippen molar-refractivity contribution in [3.05, 3.63) is 53.6 Å². The lowest BCUT2D eigenvalue weighted by Gasteiger charge is -2.22. The molecule has 1 aliphatic heterocycles. The standard InChI is InChI=1S/C22H29N3O3/c1-4-23-22(24-14-16-5-7-19(26)8-6-16)25-10-9-17(15-25)18-11-20(27-2)13-21(12-18)28-3/h5-8,11-13,17,26H,4,9-10,14-15H2,1-3H3,(H,23,24). The van der Waals surface area contributed by atoms with E-state index < -0.39 is 0 Å². The van der Waals surface area contributed by atoms with Crippen LogP contribution >= 0.6 is 0 Å². The van der Waals surface area contributed by atoms with E-state index in [-0.39, 0.29) is 5.75 Å². The second kappa shape index (κ2) is 9.35. The molecule has 1 heterocycles. The van der Waals surface area contributed by atoms with Gasteiger partial charge in [-0.15, -0.1) is 0 Å². The van der Waals surface area contributed by atoms with Gasteiger partial charge in [0, 0.05) is 31.6 Å². The van der Waals surface area contributed by atoms with Crippen LogP contribution in [0.4, 0.5) is 0 Å². The van der Waals surface area contributed by atoms with Crippen LogP contribution in [0.2, 0.25) is 0 Å². The van der Waals surface area contributed by atoms with Gasteiger partial charge in [-0.25, -0.2) is 4.99 Å². The number of aromatic hydroxyl groups is 1. The van der Waals surface area contributed by atoms with E-state index in [0.29, 0.717) is 12.5 Å². The molecule has 1 fully saturated rings. The molecule has 28 heavy (non-hydrogen) atoms. The maximum Gasteiger partial charge on any atom is 0.194 e. The van der Waals surface area contributed by atoms with Crippen molar-refractivity contribution < 1.29 is 14.6 Å². The second-order valence-electron chi connectivity index (χ2n) is 6.91. The van der Waals surface area contributed by atoms with Crippen LogP contribution in [0, 0.1) is 0 Å². The molecule has 0 radical (unpaired) electrons. The zero-order chi connectivity index (χ0) is 19.9. The molecule has 2 aromatic rings. The Morgan fingerprint density at radius 3 is 2.43 bits per heavy atom. The molecule has 0 bridgehead atoms. The number of benzene rings is 2. The predicted octanol–water partition coefficient (Wildman–Crippen LogP) is 3.36. The van der Waals surface area contributed by atoms with Gasteiger partial charge in [0.05, 0.1) is 20.8 Å². The lowest BCUT2D eigenvalue weighted by atomic mass is 9.98. The SMILES string of the molecule is CCNC(=NCc1ccc(O)cc1)N1CCC(c2cc(OC)cc(OC)c2)C1. The van der Waals surface area contributed by atoms with E-state index >= 15 is 0 Å². The smallest absolute Gasteiger partial charge is 0.194 e. The van der Waals surface area contributed by atoms with Crippen LogP contribution in [0.25, 0.3) is 0 Å². The Labute approximate surface area is 166 Å². The summed E-state index contributed by atoms with van der Waals surface area (Å²) in [6, 6.07) is 13.3. The summed E-state index contributed by atoms with van der Waals surface area (Å²) in [5, 5.41) is 12.8. The van der Waals surface area contributed by atoms with Crippen LogP contribution in [-0.4, -0.2) is 49.8 Å². The molecule has 2 aromatic carbocycles. The quantitative estimate of drug-likeness (QED) is 0.591. The third kappa shape index (κ3) is 4.88. The summed E-state index contributed by atoms with van der Waals surface area (Å²) in [4.78, 5) is 7.10. The molecule has 0 spiro atoms. The molecular weight excluding hydrogens is 354 g/mol. The zero-order valence-corrected chi connectivity index (χ0v) is 16.8. The molecule has 150 valence electrons. The summed E-state index contributed by atoms with van der Waals surface area (Å²) in [5.41, 5.74) is 2.30. The first-order valence-corrected chi connectivity index (χ1v) is 9.67. The van der Waals surface area contributed by atoms with Crippen LogP contribution in [-0.2, 0) is 6.54 Å². The van der Waals surface area contributed by atoms with Gasteiger partial charge in [0.15, 0.2) is 5.96 Å². The molecule has 1 aliphatic rings. The van der Waals surface area contributed by atoms with E-state index in [1.807, 2.05) is 18.2 Å². The van der Waals surface area contributed by atoms with Crippen molar-refractivity contribution in [2.24, 2.45) is 4.99 Å². The average molecular weight is 383 g/mol. The van der Waals surface area contributed by atoms with Gasteiger partial charge in [0.1, 0.15) is 17.2 Å². The average Bonchev–Trinajstić information content (AvgIpc) is 3.22. The molecular formula is C22H29N3O3. The van der Waals surface area contributed by atoms with Gasteiger partial charge in [0.2, 0.25) is 0 Å². The highest BCUT2D eigenvalue weighted by Crippen LogP contribution is 2.33. The van der Waals surface area contributed by atoms with E-state index in [2.05, 4.69) is 29.3 Å². The van der Waals surface area contributed by atoms with Crippen molar-refractivity contribution in [3.63, 3.8) is 0 Å². The molecule has 3 rings (SSSR count). The fourth-order valence-corrected chi connectivity index (χ4v) is 3.48. The number of guanidine groups is 1. The van der Waals surface area contributed by atoms with Gasteiger partial charge in [-0.2, -0.15) is 0 Å². The maximum absolute atomic E-state index is 9.43. The van der Waals surface area contributed by atoms with E-state index in [9.17, 15) is 5.11 Å². The molecule has 6 nitrogen and oxygen atoms in total. The van der Waals surface area contributed by atoms with E-state index in [4.69, 9.17) is 14.5 Å². The van der Waals surface area contributed by atoms with Gasteiger partial charge in [0.25, 0.3) is 0 Å².